The van der Waals surface area contributed by atoms with Crippen LogP contribution in [0, 0.1) is 18.3 Å². The summed E-state index contributed by atoms with van der Waals surface area (Å²) in [5, 5.41) is 9.61. The molecule has 0 N–H and O–H groups in total. The molecule has 1 amide bonds. The van der Waals surface area contributed by atoms with Gasteiger partial charge in [-0.2, -0.15) is 5.26 Å². The van der Waals surface area contributed by atoms with E-state index in [1.165, 1.54) is 21.2 Å². The molecule has 1 heterocycles. The van der Waals surface area contributed by atoms with Crippen molar-refractivity contribution in [2.45, 2.75) is 18.5 Å². The summed E-state index contributed by atoms with van der Waals surface area (Å²) in [6, 6.07) is 14.7. The molecule has 0 bridgehead atoms. The molecule has 8 heteroatoms. The molecule has 30 heavy (non-hydrogen) atoms. The molecular weight excluding hydrogens is 400 g/mol. The van der Waals surface area contributed by atoms with E-state index >= 15 is 0 Å². The van der Waals surface area contributed by atoms with E-state index in [0.717, 1.165) is 5.56 Å². The first-order valence-corrected chi connectivity index (χ1v) is 10.4. The number of nitrogens with zero attached hydrogens (tertiary/aromatic N) is 4. The van der Waals surface area contributed by atoms with Crippen molar-refractivity contribution in [1.82, 2.24) is 14.5 Å². The Kier molecular flexibility index (Phi) is 6.75. The van der Waals surface area contributed by atoms with Gasteiger partial charge in [-0.05, 0) is 36.8 Å². The standard InChI is InChI=1S/C22H22N4O3S/c1-15-9-10-19(29-3)18(13-15)26-21(28)16-7-4-5-8-17(16)24-22(26)30-14-20(27)25(2)12-6-11-23/h4-5,7-10,13H,6,12,14H2,1-3H3. The van der Waals surface area contributed by atoms with Crippen LogP contribution in [0.2, 0.25) is 0 Å². The number of ether oxygens (including phenoxy) is 1. The lowest BCUT2D eigenvalue weighted by Crippen LogP contribution is -2.29. The van der Waals surface area contributed by atoms with Crippen LogP contribution in [0.3, 0.4) is 0 Å². The number of nitriles is 1. The largest absolute Gasteiger partial charge is 0.495 e. The highest BCUT2D eigenvalue weighted by molar-refractivity contribution is 7.99. The maximum atomic E-state index is 13.4. The summed E-state index contributed by atoms with van der Waals surface area (Å²) in [7, 11) is 3.21. The molecule has 0 aliphatic rings. The number of carbonyl (C=O) groups is 1. The van der Waals surface area contributed by atoms with E-state index in [-0.39, 0.29) is 23.6 Å². The molecule has 2 aromatic carbocycles. The van der Waals surface area contributed by atoms with Gasteiger partial charge in [0, 0.05) is 13.6 Å². The number of fused-ring (bicyclic) bond motifs is 1. The number of methoxy groups -OCH3 is 1. The Morgan fingerprint density at radius 1 is 1.30 bits per heavy atom. The summed E-state index contributed by atoms with van der Waals surface area (Å²) in [6.45, 7) is 2.29. The molecule has 3 aromatic rings. The molecule has 154 valence electrons. The molecule has 0 aliphatic heterocycles. The van der Waals surface area contributed by atoms with Crippen molar-refractivity contribution in [3.05, 3.63) is 58.4 Å². The van der Waals surface area contributed by atoms with Gasteiger partial charge in [0.2, 0.25) is 5.91 Å². The lowest BCUT2D eigenvalue weighted by Gasteiger charge is -2.18. The van der Waals surface area contributed by atoms with Gasteiger partial charge in [-0.25, -0.2) is 4.98 Å². The van der Waals surface area contributed by atoms with Crippen LogP contribution in [0.5, 0.6) is 5.75 Å². The Hall–Kier alpha value is -3.31. The third-order valence-electron chi connectivity index (χ3n) is 4.63. The van der Waals surface area contributed by atoms with E-state index in [4.69, 9.17) is 10.00 Å². The molecule has 0 saturated heterocycles. The van der Waals surface area contributed by atoms with Crippen LogP contribution in [0.25, 0.3) is 16.6 Å². The number of thioether (sulfide) groups is 1. The minimum absolute atomic E-state index is 0.0981. The fourth-order valence-electron chi connectivity index (χ4n) is 2.98. The molecule has 1 aromatic heterocycles. The minimum Gasteiger partial charge on any atom is -0.495 e. The number of aryl methyl sites for hydroxylation is 1. The number of benzene rings is 2. The Labute approximate surface area is 178 Å². The highest BCUT2D eigenvalue weighted by atomic mass is 32.2. The Bertz CT molecular complexity index is 1180. The van der Waals surface area contributed by atoms with Gasteiger partial charge in [0.1, 0.15) is 5.75 Å². The van der Waals surface area contributed by atoms with Crippen molar-refractivity contribution < 1.29 is 9.53 Å². The van der Waals surface area contributed by atoms with Crippen LogP contribution >= 0.6 is 11.8 Å². The normalized spacial score (nSPS) is 10.6. The smallest absolute Gasteiger partial charge is 0.266 e. The highest BCUT2D eigenvalue weighted by Crippen LogP contribution is 2.28. The van der Waals surface area contributed by atoms with Crippen molar-refractivity contribution in [3.8, 4) is 17.5 Å². The molecule has 0 atom stereocenters. The molecule has 0 fully saturated rings. The maximum absolute atomic E-state index is 13.4. The van der Waals surface area contributed by atoms with Crippen molar-refractivity contribution >= 4 is 28.6 Å². The molecule has 0 saturated carbocycles. The van der Waals surface area contributed by atoms with E-state index in [1.54, 1.807) is 32.4 Å². The number of carbonyl (C=O) groups excluding carboxylic acids is 1. The van der Waals surface area contributed by atoms with Gasteiger partial charge >= 0.3 is 0 Å². The zero-order valence-electron chi connectivity index (χ0n) is 17.1. The Morgan fingerprint density at radius 3 is 2.80 bits per heavy atom. The molecule has 3 rings (SSSR count). The second-order valence-corrected chi connectivity index (χ2v) is 7.68. The second-order valence-electron chi connectivity index (χ2n) is 6.74. The predicted molar refractivity (Wildman–Crippen MR) is 117 cm³/mol. The van der Waals surface area contributed by atoms with Gasteiger partial charge in [0.25, 0.3) is 5.56 Å². The predicted octanol–water partition coefficient (Wildman–Crippen LogP) is 3.17. The average molecular weight is 423 g/mol. The van der Waals surface area contributed by atoms with E-state index in [1.807, 2.05) is 37.3 Å². The van der Waals surface area contributed by atoms with E-state index in [0.29, 0.717) is 34.0 Å². The molecule has 0 aliphatic carbocycles. The maximum Gasteiger partial charge on any atom is 0.266 e. The van der Waals surface area contributed by atoms with E-state index in [9.17, 15) is 9.59 Å². The van der Waals surface area contributed by atoms with Crippen LogP contribution in [0.1, 0.15) is 12.0 Å². The summed E-state index contributed by atoms with van der Waals surface area (Å²) < 4.78 is 6.98. The van der Waals surface area contributed by atoms with Crippen LogP contribution in [0.15, 0.2) is 52.4 Å². The van der Waals surface area contributed by atoms with Crippen LogP contribution in [-0.4, -0.2) is 46.8 Å². The van der Waals surface area contributed by atoms with Gasteiger partial charge in [-0.15, -0.1) is 0 Å². The summed E-state index contributed by atoms with van der Waals surface area (Å²) in [6.07, 6.45) is 0.270. The summed E-state index contributed by atoms with van der Waals surface area (Å²) in [4.78, 5) is 32.0. The van der Waals surface area contributed by atoms with Crippen LogP contribution in [0.4, 0.5) is 0 Å². The van der Waals surface area contributed by atoms with Crippen LogP contribution in [-0.2, 0) is 4.79 Å². The zero-order chi connectivity index (χ0) is 21.7. The Morgan fingerprint density at radius 2 is 2.07 bits per heavy atom. The third-order valence-corrected chi connectivity index (χ3v) is 5.55. The SMILES string of the molecule is COc1ccc(C)cc1-n1c(SCC(=O)N(C)CCC#N)nc2ccccc2c1=O. The summed E-state index contributed by atoms with van der Waals surface area (Å²) >= 11 is 1.19. The molecule has 7 nitrogen and oxygen atoms in total. The van der Waals surface area contributed by atoms with Crippen molar-refractivity contribution in [2.75, 3.05) is 26.5 Å². The fraction of sp³-hybridized carbons (Fsp3) is 0.273. The van der Waals surface area contributed by atoms with Gasteiger partial charge in [-0.1, -0.05) is 30.0 Å². The van der Waals surface area contributed by atoms with Crippen LogP contribution < -0.4 is 10.3 Å². The summed E-state index contributed by atoms with van der Waals surface area (Å²) in [5.41, 5.74) is 1.89. The number of hydrogen-bond donors (Lipinski definition) is 0. The topological polar surface area (TPSA) is 88.2 Å². The minimum atomic E-state index is -0.225. The van der Waals surface area contributed by atoms with E-state index < -0.39 is 0 Å². The lowest BCUT2D eigenvalue weighted by molar-refractivity contribution is -0.127. The fourth-order valence-corrected chi connectivity index (χ4v) is 3.92. The number of rotatable bonds is 7. The van der Waals surface area contributed by atoms with Gasteiger partial charge in [0.15, 0.2) is 5.16 Å². The first-order chi connectivity index (χ1) is 14.5. The molecular formula is C22H22N4O3S. The first-order valence-electron chi connectivity index (χ1n) is 9.36. The summed E-state index contributed by atoms with van der Waals surface area (Å²) in [5.74, 6) is 0.500. The number of amides is 1. The van der Waals surface area contributed by atoms with Gasteiger partial charge < -0.3 is 9.64 Å². The highest BCUT2D eigenvalue weighted by Gasteiger charge is 2.18. The second kappa shape index (κ2) is 9.46. The number of hydrogen-bond acceptors (Lipinski definition) is 6. The number of para-hydroxylation sites is 1. The Balaban J connectivity index is 2.09. The van der Waals surface area contributed by atoms with Gasteiger partial charge in [-0.3, -0.25) is 14.2 Å². The monoisotopic (exact) mass is 422 g/mol. The van der Waals surface area contributed by atoms with Crippen molar-refractivity contribution in [3.63, 3.8) is 0 Å². The average Bonchev–Trinajstić information content (AvgIpc) is 2.75. The molecule has 0 spiro atoms. The third kappa shape index (κ3) is 4.47. The zero-order valence-corrected chi connectivity index (χ0v) is 17.9. The van der Waals surface area contributed by atoms with Gasteiger partial charge in [0.05, 0.1) is 41.9 Å². The molecule has 0 unspecified atom stereocenters. The lowest BCUT2D eigenvalue weighted by atomic mass is 10.2. The van der Waals surface area contributed by atoms with Crippen molar-refractivity contribution in [1.29, 1.82) is 5.26 Å². The quantitative estimate of drug-likeness (QED) is 0.429. The van der Waals surface area contributed by atoms with E-state index in [2.05, 4.69) is 4.98 Å². The first kappa shape index (κ1) is 21.4. The number of aromatic nitrogens is 2. The molecule has 0 radical (unpaired) electrons. The van der Waals surface area contributed by atoms with Crippen molar-refractivity contribution in [2.24, 2.45) is 0 Å².